The summed E-state index contributed by atoms with van der Waals surface area (Å²) in [5, 5.41) is 5.42. The first-order chi connectivity index (χ1) is 12.5. The van der Waals surface area contributed by atoms with Gasteiger partial charge in [-0.3, -0.25) is 9.36 Å². The third-order valence-corrected chi connectivity index (χ3v) is 4.62. The molecule has 8 heteroatoms. The minimum Gasteiger partial charge on any atom is -0.294 e. The van der Waals surface area contributed by atoms with E-state index in [1.807, 2.05) is 0 Å². The Balaban J connectivity index is 1.79. The molecule has 0 aliphatic rings. The monoisotopic (exact) mass is 388 g/mol. The number of hydrogen-bond donors (Lipinski definition) is 0. The molecule has 0 saturated carbocycles. The maximum Gasteiger partial charge on any atom is 0.264 e. The smallest absolute Gasteiger partial charge is 0.264 e. The Morgan fingerprint density at radius 3 is 2.58 bits per heavy atom. The lowest BCUT2D eigenvalue weighted by molar-refractivity contribution is 0.595. The van der Waals surface area contributed by atoms with Crippen molar-refractivity contribution in [3.05, 3.63) is 86.8 Å². The summed E-state index contributed by atoms with van der Waals surface area (Å²) in [6, 6.07) is 11.4. The van der Waals surface area contributed by atoms with Crippen molar-refractivity contribution < 1.29 is 4.39 Å². The predicted molar refractivity (Wildman–Crippen MR) is 98.6 cm³/mol. The van der Waals surface area contributed by atoms with E-state index in [0.717, 1.165) is 5.69 Å². The summed E-state index contributed by atoms with van der Waals surface area (Å²) in [5.74, 6) is -0.471. The number of fused-ring (bicyclic) bond motifs is 1. The number of hydrogen-bond acceptors (Lipinski definition) is 3. The maximum absolute atomic E-state index is 14.0. The van der Waals surface area contributed by atoms with Crippen molar-refractivity contribution in [1.82, 2.24) is 19.3 Å². The predicted octanol–water partition coefficient (Wildman–Crippen LogP) is 4.08. The molecule has 0 aliphatic carbocycles. The van der Waals surface area contributed by atoms with Crippen molar-refractivity contribution in [3.63, 3.8) is 0 Å². The van der Waals surface area contributed by atoms with Gasteiger partial charge in [-0.1, -0.05) is 29.3 Å². The molecule has 0 unspecified atom stereocenters. The van der Waals surface area contributed by atoms with E-state index in [-0.39, 0.29) is 22.7 Å². The molecule has 2 aromatic carbocycles. The molecule has 0 fully saturated rings. The Labute approximate surface area is 157 Å². The maximum atomic E-state index is 14.0. The minimum absolute atomic E-state index is 0.0145. The molecule has 0 bridgehead atoms. The van der Waals surface area contributed by atoms with Crippen molar-refractivity contribution in [2.24, 2.45) is 0 Å². The Kier molecular flexibility index (Phi) is 4.22. The standard InChI is InChI=1S/C18H11Cl2FN4O/c19-11-4-6-12(7-5-11)25-17-13(8-23-25)18(26)24(10-22-17)9-14-15(20)2-1-3-16(14)21/h1-8,10H,9H2. The van der Waals surface area contributed by atoms with Crippen LogP contribution in [0, 0.1) is 5.82 Å². The van der Waals surface area contributed by atoms with Gasteiger partial charge in [-0.05, 0) is 36.4 Å². The summed E-state index contributed by atoms with van der Waals surface area (Å²) in [4.78, 5) is 17.1. The molecule has 0 aliphatic heterocycles. The van der Waals surface area contributed by atoms with Crippen LogP contribution in [-0.2, 0) is 6.54 Å². The van der Waals surface area contributed by atoms with Crippen LogP contribution in [0.15, 0.2) is 59.8 Å². The van der Waals surface area contributed by atoms with Gasteiger partial charge < -0.3 is 0 Å². The van der Waals surface area contributed by atoms with Gasteiger partial charge in [0.05, 0.1) is 18.4 Å². The van der Waals surface area contributed by atoms with E-state index in [4.69, 9.17) is 23.2 Å². The second-order valence-corrected chi connectivity index (χ2v) is 6.49. The van der Waals surface area contributed by atoms with Gasteiger partial charge in [-0.25, -0.2) is 14.1 Å². The Morgan fingerprint density at radius 1 is 1.08 bits per heavy atom. The topological polar surface area (TPSA) is 52.7 Å². The second kappa shape index (κ2) is 6.55. The van der Waals surface area contributed by atoms with Gasteiger partial charge in [0, 0.05) is 15.6 Å². The molecule has 0 spiro atoms. The van der Waals surface area contributed by atoms with E-state index >= 15 is 0 Å². The third kappa shape index (κ3) is 2.87. The summed E-state index contributed by atoms with van der Waals surface area (Å²) < 4.78 is 16.8. The number of rotatable bonds is 3. The van der Waals surface area contributed by atoms with E-state index in [1.165, 1.54) is 29.2 Å². The van der Waals surface area contributed by atoms with E-state index in [0.29, 0.717) is 16.1 Å². The second-order valence-electron chi connectivity index (χ2n) is 5.65. The highest BCUT2D eigenvalue weighted by atomic mass is 35.5. The molecule has 0 saturated heterocycles. The number of halogens is 3. The summed E-state index contributed by atoms with van der Waals surface area (Å²) >= 11 is 11.9. The van der Waals surface area contributed by atoms with Crippen molar-refractivity contribution in [2.75, 3.05) is 0 Å². The first kappa shape index (κ1) is 16.8. The molecule has 0 amide bonds. The molecule has 0 N–H and O–H groups in total. The summed E-state index contributed by atoms with van der Waals surface area (Å²) in [7, 11) is 0. The van der Waals surface area contributed by atoms with Gasteiger partial charge in [-0.2, -0.15) is 5.10 Å². The van der Waals surface area contributed by atoms with Gasteiger partial charge in [-0.15, -0.1) is 0 Å². The fourth-order valence-corrected chi connectivity index (χ4v) is 3.03. The Bertz CT molecular complexity index is 1150. The molecule has 130 valence electrons. The van der Waals surface area contributed by atoms with Crippen LogP contribution in [0.1, 0.15) is 5.56 Å². The van der Waals surface area contributed by atoms with Crippen LogP contribution in [0.3, 0.4) is 0 Å². The normalized spacial score (nSPS) is 11.2. The highest BCUT2D eigenvalue weighted by Gasteiger charge is 2.14. The molecule has 0 radical (unpaired) electrons. The zero-order valence-corrected chi connectivity index (χ0v) is 14.7. The average Bonchev–Trinajstić information content (AvgIpc) is 3.05. The van der Waals surface area contributed by atoms with Crippen LogP contribution >= 0.6 is 23.2 Å². The van der Waals surface area contributed by atoms with Gasteiger partial charge in [0.2, 0.25) is 0 Å². The molecule has 2 heterocycles. The first-order valence-corrected chi connectivity index (χ1v) is 8.42. The molecule has 2 aromatic heterocycles. The quantitative estimate of drug-likeness (QED) is 0.531. The summed E-state index contributed by atoms with van der Waals surface area (Å²) in [6.45, 7) is -0.0145. The van der Waals surface area contributed by atoms with Crippen molar-refractivity contribution >= 4 is 34.2 Å². The van der Waals surface area contributed by atoms with Crippen LogP contribution in [-0.4, -0.2) is 19.3 Å². The fraction of sp³-hybridized carbons (Fsp3) is 0.0556. The lowest BCUT2D eigenvalue weighted by Gasteiger charge is -2.09. The third-order valence-electron chi connectivity index (χ3n) is 4.02. The molecule has 4 aromatic rings. The summed E-state index contributed by atoms with van der Waals surface area (Å²) in [5.41, 5.74) is 1.05. The first-order valence-electron chi connectivity index (χ1n) is 7.66. The Morgan fingerprint density at radius 2 is 1.85 bits per heavy atom. The fourth-order valence-electron chi connectivity index (χ4n) is 2.69. The van der Waals surface area contributed by atoms with Crippen LogP contribution in [0.2, 0.25) is 10.0 Å². The highest BCUT2D eigenvalue weighted by Crippen LogP contribution is 2.20. The highest BCUT2D eigenvalue weighted by molar-refractivity contribution is 6.31. The van der Waals surface area contributed by atoms with Crippen LogP contribution in [0.25, 0.3) is 16.7 Å². The zero-order chi connectivity index (χ0) is 18.3. The molecule has 4 rings (SSSR count). The van der Waals surface area contributed by atoms with Gasteiger partial charge >= 0.3 is 0 Å². The minimum atomic E-state index is -0.471. The van der Waals surface area contributed by atoms with E-state index < -0.39 is 5.82 Å². The number of nitrogens with zero attached hydrogens (tertiary/aromatic N) is 4. The molecular weight excluding hydrogens is 378 g/mol. The van der Waals surface area contributed by atoms with Crippen molar-refractivity contribution in [1.29, 1.82) is 0 Å². The lowest BCUT2D eigenvalue weighted by Crippen LogP contribution is -2.21. The number of aromatic nitrogens is 4. The van der Waals surface area contributed by atoms with E-state index in [9.17, 15) is 9.18 Å². The van der Waals surface area contributed by atoms with E-state index in [1.54, 1.807) is 35.0 Å². The van der Waals surface area contributed by atoms with Crippen LogP contribution in [0.4, 0.5) is 4.39 Å². The van der Waals surface area contributed by atoms with Crippen molar-refractivity contribution in [3.8, 4) is 5.69 Å². The SMILES string of the molecule is O=c1c2cnn(-c3ccc(Cl)cc3)c2ncn1Cc1c(F)cccc1Cl. The van der Waals surface area contributed by atoms with Crippen LogP contribution in [0.5, 0.6) is 0 Å². The number of benzene rings is 2. The van der Waals surface area contributed by atoms with Gasteiger partial charge in [0.1, 0.15) is 17.5 Å². The lowest BCUT2D eigenvalue weighted by atomic mass is 10.2. The molecule has 26 heavy (non-hydrogen) atoms. The summed E-state index contributed by atoms with van der Waals surface area (Å²) in [6.07, 6.45) is 2.81. The van der Waals surface area contributed by atoms with E-state index in [2.05, 4.69) is 10.1 Å². The van der Waals surface area contributed by atoms with Crippen LogP contribution < -0.4 is 5.56 Å². The molecular formula is C18H11Cl2FN4O. The average molecular weight is 389 g/mol. The zero-order valence-electron chi connectivity index (χ0n) is 13.2. The molecule has 5 nitrogen and oxygen atoms in total. The van der Waals surface area contributed by atoms with Crippen molar-refractivity contribution in [2.45, 2.75) is 6.54 Å². The molecule has 0 atom stereocenters. The Hall–Kier alpha value is -2.70. The largest absolute Gasteiger partial charge is 0.294 e. The van der Waals surface area contributed by atoms with Gasteiger partial charge in [0.15, 0.2) is 5.65 Å². The van der Waals surface area contributed by atoms with Gasteiger partial charge in [0.25, 0.3) is 5.56 Å².